The molecule has 2 heterocycles. The third-order valence-corrected chi connectivity index (χ3v) is 5.91. The highest BCUT2D eigenvalue weighted by Gasteiger charge is 2.26. The van der Waals surface area contributed by atoms with Gasteiger partial charge in [0, 0.05) is 30.1 Å². The van der Waals surface area contributed by atoms with E-state index < -0.39 is 0 Å². The Morgan fingerprint density at radius 1 is 1.00 bits per heavy atom. The molecule has 0 spiro atoms. The van der Waals surface area contributed by atoms with Crippen molar-refractivity contribution in [1.29, 1.82) is 0 Å². The van der Waals surface area contributed by atoms with Crippen LogP contribution in [0, 0.1) is 6.92 Å². The Kier molecular flexibility index (Phi) is 5.33. The number of hydrogen-bond donors (Lipinski definition) is 0. The Bertz CT molecular complexity index is 891. The molecule has 1 aliphatic heterocycles. The maximum absolute atomic E-state index is 6.05. The number of aromatic nitrogens is 2. The van der Waals surface area contributed by atoms with E-state index in [9.17, 15) is 0 Å². The van der Waals surface area contributed by atoms with Crippen LogP contribution in [0.2, 0.25) is 5.02 Å². The maximum atomic E-state index is 6.05. The average molecular weight is 380 g/mol. The van der Waals surface area contributed by atoms with Crippen molar-refractivity contribution in [2.24, 2.45) is 7.05 Å². The molecule has 4 heteroatoms. The molecule has 0 amide bonds. The van der Waals surface area contributed by atoms with Crippen LogP contribution in [-0.4, -0.2) is 27.8 Å². The van der Waals surface area contributed by atoms with Gasteiger partial charge in [0.2, 0.25) is 0 Å². The molecule has 3 aromatic rings. The predicted octanol–water partition coefficient (Wildman–Crippen LogP) is 5.43. The van der Waals surface area contributed by atoms with Gasteiger partial charge in [0.25, 0.3) is 0 Å². The highest BCUT2D eigenvalue weighted by molar-refractivity contribution is 6.30. The van der Waals surface area contributed by atoms with Crippen LogP contribution in [0.15, 0.2) is 54.6 Å². The molecule has 1 aliphatic rings. The van der Waals surface area contributed by atoms with Crippen LogP contribution < -0.4 is 0 Å². The van der Waals surface area contributed by atoms with Crippen molar-refractivity contribution in [1.82, 2.24) is 14.7 Å². The molecular weight excluding hydrogens is 354 g/mol. The van der Waals surface area contributed by atoms with E-state index in [1.807, 2.05) is 23.9 Å². The SMILES string of the molecule is Cc1c(C2CCN(Cc3ccccc3)CC2)nn(C)c1-c1ccc(Cl)cc1. The molecular formula is C23H26ClN3. The minimum atomic E-state index is 0.546. The number of benzene rings is 2. The van der Waals surface area contributed by atoms with E-state index in [-0.39, 0.29) is 0 Å². The summed E-state index contributed by atoms with van der Waals surface area (Å²) in [7, 11) is 2.05. The molecule has 0 radical (unpaired) electrons. The van der Waals surface area contributed by atoms with Gasteiger partial charge in [-0.1, -0.05) is 54.1 Å². The summed E-state index contributed by atoms with van der Waals surface area (Å²) < 4.78 is 2.03. The highest BCUT2D eigenvalue weighted by Crippen LogP contribution is 2.34. The van der Waals surface area contributed by atoms with E-state index in [1.165, 1.54) is 40.9 Å². The fraction of sp³-hybridized carbons (Fsp3) is 0.348. The van der Waals surface area contributed by atoms with E-state index in [4.69, 9.17) is 16.7 Å². The van der Waals surface area contributed by atoms with E-state index >= 15 is 0 Å². The molecule has 1 fully saturated rings. The smallest absolute Gasteiger partial charge is 0.0711 e. The first-order valence-electron chi connectivity index (χ1n) is 9.67. The third kappa shape index (κ3) is 3.95. The Labute approximate surface area is 166 Å². The molecule has 0 saturated carbocycles. The van der Waals surface area contributed by atoms with Gasteiger partial charge in [0.15, 0.2) is 0 Å². The second kappa shape index (κ2) is 7.87. The molecule has 27 heavy (non-hydrogen) atoms. The number of rotatable bonds is 4. The third-order valence-electron chi connectivity index (χ3n) is 5.66. The number of likely N-dealkylation sites (tertiary alicyclic amines) is 1. The number of aryl methyl sites for hydroxylation is 1. The van der Waals surface area contributed by atoms with Gasteiger partial charge in [-0.15, -0.1) is 0 Å². The number of halogens is 1. The van der Waals surface area contributed by atoms with Crippen LogP contribution in [-0.2, 0) is 13.6 Å². The Morgan fingerprint density at radius 2 is 1.67 bits per heavy atom. The van der Waals surface area contributed by atoms with E-state index in [1.54, 1.807) is 0 Å². The second-order valence-electron chi connectivity index (χ2n) is 7.53. The van der Waals surface area contributed by atoms with Gasteiger partial charge in [-0.3, -0.25) is 9.58 Å². The monoisotopic (exact) mass is 379 g/mol. The number of nitrogens with zero attached hydrogens (tertiary/aromatic N) is 3. The van der Waals surface area contributed by atoms with Gasteiger partial charge in [-0.25, -0.2) is 0 Å². The van der Waals surface area contributed by atoms with E-state index in [2.05, 4.69) is 54.3 Å². The van der Waals surface area contributed by atoms with Crippen LogP contribution in [0.4, 0.5) is 0 Å². The summed E-state index contributed by atoms with van der Waals surface area (Å²) in [5.74, 6) is 0.546. The Morgan fingerprint density at radius 3 is 2.33 bits per heavy atom. The molecule has 0 unspecified atom stereocenters. The van der Waals surface area contributed by atoms with Gasteiger partial charge in [0.05, 0.1) is 11.4 Å². The standard InChI is InChI=1S/C23H26ClN3/c1-17-22(25-26(2)23(17)20-8-10-21(24)11-9-20)19-12-14-27(15-13-19)16-18-6-4-3-5-7-18/h3-11,19H,12-16H2,1-2H3. The molecule has 0 N–H and O–H groups in total. The zero-order valence-corrected chi connectivity index (χ0v) is 16.8. The molecule has 140 valence electrons. The molecule has 1 saturated heterocycles. The summed E-state index contributed by atoms with van der Waals surface area (Å²) in [4.78, 5) is 2.56. The summed E-state index contributed by atoms with van der Waals surface area (Å²) >= 11 is 6.05. The van der Waals surface area contributed by atoms with Gasteiger partial charge >= 0.3 is 0 Å². The molecule has 3 nitrogen and oxygen atoms in total. The first-order valence-corrected chi connectivity index (χ1v) is 10.1. The molecule has 0 atom stereocenters. The highest BCUT2D eigenvalue weighted by atomic mass is 35.5. The second-order valence-corrected chi connectivity index (χ2v) is 7.96. The minimum Gasteiger partial charge on any atom is -0.299 e. The van der Waals surface area contributed by atoms with Gasteiger partial charge in [-0.05, 0) is 56.1 Å². The van der Waals surface area contributed by atoms with Crippen molar-refractivity contribution in [3.05, 3.63) is 76.4 Å². The largest absolute Gasteiger partial charge is 0.299 e. The maximum Gasteiger partial charge on any atom is 0.0711 e. The fourth-order valence-corrected chi connectivity index (χ4v) is 4.38. The van der Waals surface area contributed by atoms with E-state index in [0.29, 0.717) is 5.92 Å². The van der Waals surface area contributed by atoms with Crippen LogP contribution in [0.3, 0.4) is 0 Å². The van der Waals surface area contributed by atoms with Crippen molar-refractivity contribution in [3.63, 3.8) is 0 Å². The molecule has 0 aliphatic carbocycles. The molecule has 2 aromatic carbocycles. The summed E-state index contributed by atoms with van der Waals surface area (Å²) in [5.41, 5.74) is 6.35. The Hall–Kier alpha value is -2.10. The first-order chi connectivity index (χ1) is 13.1. The van der Waals surface area contributed by atoms with Crippen molar-refractivity contribution in [3.8, 4) is 11.3 Å². The first kappa shape index (κ1) is 18.3. The summed E-state index contributed by atoms with van der Waals surface area (Å²) in [6.45, 7) is 5.52. The summed E-state index contributed by atoms with van der Waals surface area (Å²) in [6, 6.07) is 18.8. The molecule has 4 rings (SSSR count). The summed E-state index contributed by atoms with van der Waals surface area (Å²) in [6.07, 6.45) is 2.34. The fourth-order valence-electron chi connectivity index (χ4n) is 4.26. The normalized spacial score (nSPS) is 16.0. The lowest BCUT2D eigenvalue weighted by atomic mass is 9.90. The van der Waals surface area contributed by atoms with E-state index in [0.717, 1.165) is 24.7 Å². The molecule has 1 aromatic heterocycles. The van der Waals surface area contributed by atoms with Crippen LogP contribution in [0.1, 0.15) is 35.6 Å². The average Bonchev–Trinajstić information content (AvgIpc) is 2.98. The number of hydrogen-bond acceptors (Lipinski definition) is 2. The Balaban J connectivity index is 1.47. The quantitative estimate of drug-likeness (QED) is 0.602. The van der Waals surface area contributed by atoms with Crippen molar-refractivity contribution < 1.29 is 0 Å². The van der Waals surface area contributed by atoms with Gasteiger partial charge < -0.3 is 0 Å². The topological polar surface area (TPSA) is 21.1 Å². The lowest BCUT2D eigenvalue weighted by molar-refractivity contribution is 0.203. The van der Waals surface area contributed by atoms with Gasteiger partial charge in [0.1, 0.15) is 0 Å². The summed E-state index contributed by atoms with van der Waals surface area (Å²) in [5, 5.41) is 5.67. The lowest BCUT2D eigenvalue weighted by Gasteiger charge is -2.31. The zero-order chi connectivity index (χ0) is 18.8. The van der Waals surface area contributed by atoms with Crippen LogP contribution in [0.25, 0.3) is 11.3 Å². The van der Waals surface area contributed by atoms with Crippen molar-refractivity contribution >= 4 is 11.6 Å². The van der Waals surface area contributed by atoms with Crippen molar-refractivity contribution in [2.45, 2.75) is 32.2 Å². The minimum absolute atomic E-state index is 0.546. The van der Waals surface area contributed by atoms with Crippen LogP contribution >= 0.6 is 11.6 Å². The van der Waals surface area contributed by atoms with Crippen LogP contribution in [0.5, 0.6) is 0 Å². The predicted molar refractivity (Wildman–Crippen MR) is 112 cm³/mol. The zero-order valence-electron chi connectivity index (χ0n) is 16.0. The van der Waals surface area contributed by atoms with Gasteiger partial charge in [-0.2, -0.15) is 5.10 Å². The lowest BCUT2D eigenvalue weighted by Crippen LogP contribution is -2.32. The number of piperidine rings is 1. The molecule has 0 bridgehead atoms. The van der Waals surface area contributed by atoms with Crippen molar-refractivity contribution in [2.75, 3.05) is 13.1 Å².